The number of fused-ring (bicyclic) bond motifs is 1. The largest absolute Gasteiger partial charge is 0.487 e. The number of carbonyl (C=O) groups is 2. The minimum Gasteiger partial charge on any atom is -0.487 e. The van der Waals surface area contributed by atoms with Crippen LogP contribution in [-0.4, -0.2) is 24.3 Å². The van der Waals surface area contributed by atoms with Gasteiger partial charge in [0.2, 0.25) is 0 Å². The van der Waals surface area contributed by atoms with E-state index in [0.717, 1.165) is 18.4 Å². The van der Waals surface area contributed by atoms with Crippen molar-refractivity contribution in [3.8, 4) is 5.75 Å². The topological polar surface area (TPSA) is 87.9 Å². The number of esters is 1. The Bertz CT molecular complexity index is 542. The van der Waals surface area contributed by atoms with Crippen molar-refractivity contribution in [1.82, 2.24) is 0 Å². The smallest absolute Gasteiger partial charge is 0.404 e. The van der Waals surface area contributed by atoms with E-state index in [4.69, 9.17) is 19.9 Å². The lowest BCUT2D eigenvalue weighted by Gasteiger charge is -2.35. The minimum atomic E-state index is -0.786. The summed E-state index contributed by atoms with van der Waals surface area (Å²) in [4.78, 5) is 22.0. The standard InChI is InChI=1S/C13H13NO5/c14-13(16)19-11-4-3-10(11)18-8-1-2-9-7(5-8)6-17-12(9)15/h1-2,5,10-11H,3-4,6H2,(H2,14,16)/t10-,11-/m1/s1. The molecule has 3 rings (SSSR count). The summed E-state index contributed by atoms with van der Waals surface area (Å²) in [6, 6.07) is 5.17. The number of hydrogen-bond acceptors (Lipinski definition) is 5. The molecule has 1 fully saturated rings. The van der Waals surface area contributed by atoms with E-state index in [1.165, 1.54) is 0 Å². The van der Waals surface area contributed by atoms with Crippen LogP contribution in [0.15, 0.2) is 18.2 Å². The van der Waals surface area contributed by atoms with Crippen LogP contribution < -0.4 is 10.5 Å². The zero-order chi connectivity index (χ0) is 13.4. The van der Waals surface area contributed by atoms with Crippen LogP contribution in [0.4, 0.5) is 4.79 Å². The molecule has 0 unspecified atom stereocenters. The second-order valence-corrected chi connectivity index (χ2v) is 4.60. The van der Waals surface area contributed by atoms with Crippen molar-refractivity contribution in [2.45, 2.75) is 31.7 Å². The van der Waals surface area contributed by atoms with Gasteiger partial charge in [0.15, 0.2) is 0 Å². The highest BCUT2D eigenvalue weighted by Crippen LogP contribution is 2.31. The molecule has 6 nitrogen and oxygen atoms in total. The summed E-state index contributed by atoms with van der Waals surface area (Å²) in [5.41, 5.74) is 6.37. The molecule has 1 saturated carbocycles. The van der Waals surface area contributed by atoms with Crippen molar-refractivity contribution in [3.63, 3.8) is 0 Å². The van der Waals surface area contributed by atoms with Crippen LogP contribution in [0.2, 0.25) is 0 Å². The van der Waals surface area contributed by atoms with Gasteiger partial charge in [0.1, 0.15) is 24.6 Å². The molecule has 0 spiro atoms. The predicted octanol–water partition coefficient (Wildman–Crippen LogP) is 1.36. The summed E-state index contributed by atoms with van der Waals surface area (Å²) < 4.78 is 15.6. The molecule has 2 aliphatic rings. The lowest BCUT2D eigenvalue weighted by molar-refractivity contribution is -0.0433. The van der Waals surface area contributed by atoms with Gasteiger partial charge in [0.25, 0.3) is 0 Å². The Hall–Kier alpha value is -2.24. The van der Waals surface area contributed by atoms with Crippen LogP contribution in [0.5, 0.6) is 5.75 Å². The summed E-state index contributed by atoms with van der Waals surface area (Å²) >= 11 is 0. The molecule has 2 N–H and O–H groups in total. The van der Waals surface area contributed by atoms with Gasteiger partial charge < -0.3 is 19.9 Å². The van der Waals surface area contributed by atoms with Crippen LogP contribution in [0.3, 0.4) is 0 Å². The van der Waals surface area contributed by atoms with Gasteiger partial charge in [-0.15, -0.1) is 0 Å². The number of hydrogen-bond donors (Lipinski definition) is 1. The molecule has 1 heterocycles. The number of cyclic esters (lactones) is 1. The van der Waals surface area contributed by atoms with Crippen molar-refractivity contribution in [2.24, 2.45) is 5.73 Å². The molecule has 1 aromatic carbocycles. The number of rotatable bonds is 3. The van der Waals surface area contributed by atoms with E-state index in [9.17, 15) is 9.59 Å². The molecule has 2 atom stereocenters. The molecule has 6 heteroatoms. The van der Waals surface area contributed by atoms with Crippen molar-refractivity contribution >= 4 is 12.1 Å². The molecule has 0 radical (unpaired) electrons. The highest BCUT2D eigenvalue weighted by atomic mass is 16.6. The van der Waals surface area contributed by atoms with Crippen molar-refractivity contribution in [2.75, 3.05) is 0 Å². The summed E-state index contributed by atoms with van der Waals surface area (Å²) in [7, 11) is 0. The van der Waals surface area contributed by atoms with Gasteiger partial charge >= 0.3 is 12.1 Å². The fourth-order valence-corrected chi connectivity index (χ4v) is 2.22. The van der Waals surface area contributed by atoms with Crippen molar-refractivity contribution in [1.29, 1.82) is 0 Å². The number of carbonyl (C=O) groups excluding carboxylic acids is 2. The summed E-state index contributed by atoms with van der Waals surface area (Å²) in [6.07, 6.45) is 0.309. The normalized spacial score (nSPS) is 24.1. The third kappa shape index (κ3) is 2.21. The lowest BCUT2D eigenvalue weighted by Crippen LogP contribution is -2.45. The van der Waals surface area contributed by atoms with Gasteiger partial charge in [0.05, 0.1) is 5.56 Å². The molecule has 0 saturated heterocycles. The molecule has 1 aliphatic heterocycles. The Morgan fingerprint density at radius 1 is 1.32 bits per heavy atom. The number of ether oxygens (including phenoxy) is 3. The van der Waals surface area contributed by atoms with Crippen LogP contribution in [-0.2, 0) is 16.1 Å². The Labute approximate surface area is 109 Å². The Morgan fingerprint density at radius 3 is 2.79 bits per heavy atom. The number of benzene rings is 1. The summed E-state index contributed by atoms with van der Waals surface area (Å²) in [5, 5.41) is 0. The predicted molar refractivity (Wildman–Crippen MR) is 63.7 cm³/mol. The molecule has 0 aromatic heterocycles. The first kappa shape index (κ1) is 11.8. The highest BCUT2D eigenvalue weighted by molar-refractivity contribution is 5.93. The van der Waals surface area contributed by atoms with Gasteiger partial charge in [-0.3, -0.25) is 0 Å². The van der Waals surface area contributed by atoms with Gasteiger partial charge in [-0.25, -0.2) is 9.59 Å². The second-order valence-electron chi connectivity index (χ2n) is 4.60. The Morgan fingerprint density at radius 2 is 2.11 bits per heavy atom. The average Bonchev–Trinajstić information content (AvgIpc) is 2.73. The van der Waals surface area contributed by atoms with Gasteiger partial charge in [-0.1, -0.05) is 0 Å². The van der Waals surface area contributed by atoms with Gasteiger partial charge in [-0.05, 0) is 31.0 Å². The number of amides is 1. The van der Waals surface area contributed by atoms with Crippen molar-refractivity contribution < 1.29 is 23.8 Å². The molecular weight excluding hydrogens is 250 g/mol. The highest BCUT2D eigenvalue weighted by Gasteiger charge is 2.36. The van der Waals surface area contributed by atoms with E-state index < -0.39 is 6.09 Å². The van der Waals surface area contributed by atoms with Gasteiger partial charge in [0, 0.05) is 5.56 Å². The zero-order valence-electron chi connectivity index (χ0n) is 10.1. The van der Waals surface area contributed by atoms with E-state index in [2.05, 4.69) is 0 Å². The third-order valence-electron chi connectivity index (χ3n) is 3.36. The number of nitrogens with two attached hydrogens (primary N) is 1. The fraction of sp³-hybridized carbons (Fsp3) is 0.385. The first-order valence-electron chi connectivity index (χ1n) is 6.06. The molecule has 1 amide bonds. The lowest BCUT2D eigenvalue weighted by atomic mass is 9.91. The van der Waals surface area contributed by atoms with Crippen LogP contribution in [0.25, 0.3) is 0 Å². The van der Waals surface area contributed by atoms with Crippen LogP contribution in [0.1, 0.15) is 28.8 Å². The average molecular weight is 263 g/mol. The maximum atomic E-state index is 11.3. The molecule has 100 valence electrons. The molecule has 1 aromatic rings. The van der Waals surface area contributed by atoms with Crippen molar-refractivity contribution in [3.05, 3.63) is 29.3 Å². The maximum Gasteiger partial charge on any atom is 0.404 e. The van der Waals surface area contributed by atoms with Crippen LogP contribution in [0, 0.1) is 0 Å². The monoisotopic (exact) mass is 263 g/mol. The van der Waals surface area contributed by atoms with E-state index in [0.29, 0.717) is 11.3 Å². The third-order valence-corrected chi connectivity index (χ3v) is 3.36. The zero-order valence-corrected chi connectivity index (χ0v) is 10.1. The van der Waals surface area contributed by atoms with E-state index in [1.54, 1.807) is 18.2 Å². The Kier molecular flexibility index (Phi) is 2.77. The van der Waals surface area contributed by atoms with E-state index in [1.807, 2.05) is 0 Å². The quantitative estimate of drug-likeness (QED) is 0.832. The summed E-state index contributed by atoms with van der Waals surface area (Å²) in [6.45, 7) is 0.275. The van der Waals surface area contributed by atoms with E-state index in [-0.39, 0.29) is 24.8 Å². The second kappa shape index (κ2) is 4.46. The molecule has 19 heavy (non-hydrogen) atoms. The first-order valence-corrected chi connectivity index (χ1v) is 6.06. The fourth-order valence-electron chi connectivity index (χ4n) is 2.22. The van der Waals surface area contributed by atoms with Gasteiger partial charge in [-0.2, -0.15) is 0 Å². The first-order chi connectivity index (χ1) is 9.13. The van der Waals surface area contributed by atoms with E-state index >= 15 is 0 Å². The Balaban J connectivity index is 1.68. The minimum absolute atomic E-state index is 0.177. The summed E-state index contributed by atoms with van der Waals surface area (Å²) in [5.74, 6) is 0.333. The SMILES string of the molecule is NC(=O)O[C@@H]1CC[C@H]1Oc1ccc2c(c1)COC2=O. The van der Waals surface area contributed by atoms with Crippen LogP contribution >= 0.6 is 0 Å². The molecule has 0 bridgehead atoms. The molecular formula is C13H13NO5. The molecule has 1 aliphatic carbocycles. The number of primary amides is 1. The maximum absolute atomic E-state index is 11.3.